The number of nitrogens with zero attached hydrogens (tertiary/aromatic N) is 1. The Labute approximate surface area is 196 Å². The average molecular weight is 554 g/mol. The molecule has 1 N–H and O–H groups in total. The summed E-state index contributed by atoms with van der Waals surface area (Å²) in [5.41, 5.74) is 2.17. The number of hydrazone groups is 1. The third-order valence-corrected chi connectivity index (χ3v) is 5.14. The molecule has 3 aromatic rings. The van der Waals surface area contributed by atoms with Crippen LogP contribution in [0.1, 0.15) is 27.0 Å². The second-order valence-electron chi connectivity index (χ2n) is 6.55. The number of carbonyl (C=O) groups is 1. The van der Waals surface area contributed by atoms with E-state index in [1.165, 1.54) is 25.5 Å². The SMILES string of the molecule is COc1cc(/C=N/NC(=O)c2ccccc2C(F)(F)F)cc(I)c1OCc1ccccc1. The molecule has 0 aliphatic heterocycles. The molecule has 9 heteroatoms. The van der Waals surface area contributed by atoms with Crippen LogP contribution in [0.3, 0.4) is 0 Å². The second kappa shape index (κ2) is 10.5. The molecule has 0 aliphatic rings. The van der Waals surface area contributed by atoms with Crippen LogP contribution in [-0.4, -0.2) is 19.2 Å². The highest BCUT2D eigenvalue weighted by molar-refractivity contribution is 14.1. The minimum atomic E-state index is -4.64. The Hall–Kier alpha value is -3.08. The smallest absolute Gasteiger partial charge is 0.417 e. The van der Waals surface area contributed by atoms with Crippen LogP contribution < -0.4 is 14.9 Å². The predicted octanol–water partition coefficient (Wildman–Crippen LogP) is 5.66. The average Bonchev–Trinajstić information content (AvgIpc) is 2.78. The van der Waals surface area contributed by atoms with E-state index in [2.05, 4.69) is 33.1 Å². The van der Waals surface area contributed by atoms with Gasteiger partial charge in [-0.25, -0.2) is 5.43 Å². The van der Waals surface area contributed by atoms with Crippen LogP contribution in [0.15, 0.2) is 71.8 Å². The highest BCUT2D eigenvalue weighted by Crippen LogP contribution is 2.34. The summed E-state index contributed by atoms with van der Waals surface area (Å²) in [5, 5.41) is 3.79. The van der Waals surface area contributed by atoms with Gasteiger partial charge in [-0.05, 0) is 58.0 Å². The van der Waals surface area contributed by atoms with Crippen molar-refractivity contribution in [3.8, 4) is 11.5 Å². The van der Waals surface area contributed by atoms with Gasteiger partial charge in [0.1, 0.15) is 6.61 Å². The number of hydrogen-bond acceptors (Lipinski definition) is 4. The zero-order chi connectivity index (χ0) is 23.1. The first-order valence-corrected chi connectivity index (χ1v) is 10.4. The predicted molar refractivity (Wildman–Crippen MR) is 123 cm³/mol. The molecule has 0 spiro atoms. The molecule has 0 fully saturated rings. The van der Waals surface area contributed by atoms with Gasteiger partial charge in [-0.15, -0.1) is 0 Å². The van der Waals surface area contributed by atoms with Crippen LogP contribution in [0.4, 0.5) is 13.2 Å². The lowest BCUT2D eigenvalue weighted by atomic mass is 10.1. The van der Waals surface area contributed by atoms with Crippen LogP contribution in [-0.2, 0) is 12.8 Å². The molecule has 3 aromatic carbocycles. The molecule has 32 heavy (non-hydrogen) atoms. The molecular weight excluding hydrogens is 536 g/mol. The van der Waals surface area contributed by atoms with Crippen LogP contribution in [0.2, 0.25) is 0 Å². The maximum Gasteiger partial charge on any atom is 0.417 e. The first kappa shape index (κ1) is 23.6. The Morgan fingerprint density at radius 2 is 1.78 bits per heavy atom. The summed E-state index contributed by atoms with van der Waals surface area (Å²) in [4.78, 5) is 12.2. The summed E-state index contributed by atoms with van der Waals surface area (Å²) >= 11 is 2.09. The number of alkyl halides is 3. The van der Waals surface area contributed by atoms with Crippen molar-refractivity contribution in [1.29, 1.82) is 0 Å². The zero-order valence-electron chi connectivity index (χ0n) is 16.8. The molecule has 166 valence electrons. The molecule has 0 saturated heterocycles. The van der Waals surface area contributed by atoms with Crippen molar-refractivity contribution in [2.75, 3.05) is 7.11 Å². The van der Waals surface area contributed by atoms with E-state index in [-0.39, 0.29) is 0 Å². The fourth-order valence-corrected chi connectivity index (χ4v) is 3.62. The Kier molecular flexibility index (Phi) is 7.73. The van der Waals surface area contributed by atoms with Crippen molar-refractivity contribution in [3.05, 3.63) is 92.6 Å². The number of ether oxygens (including phenoxy) is 2. The van der Waals surface area contributed by atoms with Gasteiger partial charge in [0.05, 0.1) is 28.0 Å². The fraction of sp³-hybridized carbons (Fsp3) is 0.130. The molecule has 0 unspecified atom stereocenters. The minimum Gasteiger partial charge on any atom is -0.493 e. The molecule has 0 aromatic heterocycles. The third-order valence-electron chi connectivity index (χ3n) is 4.33. The zero-order valence-corrected chi connectivity index (χ0v) is 19.0. The van der Waals surface area contributed by atoms with E-state index < -0.39 is 23.2 Å². The second-order valence-corrected chi connectivity index (χ2v) is 7.71. The van der Waals surface area contributed by atoms with Gasteiger partial charge >= 0.3 is 6.18 Å². The van der Waals surface area contributed by atoms with Gasteiger partial charge in [-0.3, -0.25) is 4.79 Å². The topological polar surface area (TPSA) is 59.9 Å². The highest BCUT2D eigenvalue weighted by Gasteiger charge is 2.34. The highest BCUT2D eigenvalue weighted by atomic mass is 127. The maximum atomic E-state index is 13.1. The first-order chi connectivity index (χ1) is 15.3. The molecule has 0 atom stereocenters. The number of methoxy groups -OCH3 is 1. The van der Waals surface area contributed by atoms with Crippen molar-refractivity contribution in [1.82, 2.24) is 5.43 Å². The Morgan fingerprint density at radius 3 is 2.47 bits per heavy atom. The maximum absolute atomic E-state index is 13.1. The lowest BCUT2D eigenvalue weighted by Crippen LogP contribution is -2.22. The van der Waals surface area contributed by atoms with Gasteiger partial charge in [0.2, 0.25) is 0 Å². The summed E-state index contributed by atoms with van der Waals surface area (Å²) in [6.07, 6.45) is -3.32. The number of rotatable bonds is 7. The quantitative estimate of drug-likeness (QED) is 0.233. The molecule has 0 saturated carbocycles. The number of hydrogen-bond donors (Lipinski definition) is 1. The van der Waals surface area contributed by atoms with Crippen LogP contribution in [0.5, 0.6) is 11.5 Å². The van der Waals surface area contributed by atoms with Gasteiger partial charge in [-0.1, -0.05) is 42.5 Å². The van der Waals surface area contributed by atoms with Gasteiger partial charge < -0.3 is 9.47 Å². The van der Waals surface area contributed by atoms with E-state index in [0.717, 1.165) is 21.3 Å². The Balaban J connectivity index is 1.72. The van der Waals surface area contributed by atoms with Crippen LogP contribution in [0.25, 0.3) is 0 Å². The lowest BCUT2D eigenvalue weighted by molar-refractivity contribution is -0.137. The van der Waals surface area contributed by atoms with E-state index in [0.29, 0.717) is 23.7 Å². The summed E-state index contributed by atoms with van der Waals surface area (Å²) in [7, 11) is 1.50. The first-order valence-electron chi connectivity index (χ1n) is 9.33. The van der Waals surface area contributed by atoms with Crippen molar-refractivity contribution < 1.29 is 27.4 Å². The summed E-state index contributed by atoms with van der Waals surface area (Å²) in [5.74, 6) is 0.0546. The monoisotopic (exact) mass is 554 g/mol. The van der Waals surface area contributed by atoms with E-state index in [1.807, 2.05) is 30.3 Å². The molecule has 3 rings (SSSR count). The largest absolute Gasteiger partial charge is 0.493 e. The Morgan fingerprint density at radius 1 is 1.09 bits per heavy atom. The van der Waals surface area contributed by atoms with Gasteiger partial charge in [0, 0.05) is 0 Å². The third kappa shape index (κ3) is 6.00. The fourth-order valence-electron chi connectivity index (χ4n) is 2.84. The number of amides is 1. The van der Waals surface area contributed by atoms with Crippen molar-refractivity contribution in [2.45, 2.75) is 12.8 Å². The van der Waals surface area contributed by atoms with Gasteiger partial charge in [0.15, 0.2) is 11.5 Å². The van der Waals surface area contributed by atoms with Gasteiger partial charge in [0.25, 0.3) is 5.91 Å². The number of halogens is 4. The summed E-state index contributed by atoms with van der Waals surface area (Å²) < 4.78 is 51.3. The van der Waals surface area contributed by atoms with Crippen molar-refractivity contribution >= 4 is 34.7 Å². The molecular formula is C23H18F3IN2O3. The molecule has 5 nitrogen and oxygen atoms in total. The summed E-state index contributed by atoms with van der Waals surface area (Å²) in [6.45, 7) is 0.356. The number of nitrogens with one attached hydrogen (secondary N) is 1. The molecule has 0 bridgehead atoms. The Bertz CT molecular complexity index is 1120. The molecule has 0 radical (unpaired) electrons. The number of carbonyl (C=O) groups excluding carboxylic acids is 1. The standard InChI is InChI=1S/C23H18F3IN2O3/c1-31-20-12-16(11-19(27)21(20)32-14-15-7-3-2-4-8-15)13-28-29-22(30)17-9-5-6-10-18(17)23(24,25)26/h2-13H,14H2,1H3,(H,29,30)/b28-13+. The van der Waals surface area contributed by atoms with Crippen molar-refractivity contribution in [3.63, 3.8) is 0 Å². The molecule has 1 amide bonds. The summed E-state index contributed by atoms with van der Waals surface area (Å²) in [6, 6.07) is 17.6. The molecule has 0 aliphatic carbocycles. The number of benzene rings is 3. The van der Waals surface area contributed by atoms with E-state index in [4.69, 9.17) is 9.47 Å². The van der Waals surface area contributed by atoms with E-state index in [9.17, 15) is 18.0 Å². The minimum absolute atomic E-state index is 0.356. The van der Waals surface area contributed by atoms with Gasteiger partial charge in [-0.2, -0.15) is 18.3 Å². The van der Waals surface area contributed by atoms with Crippen molar-refractivity contribution in [2.24, 2.45) is 5.10 Å². The molecule has 0 heterocycles. The van der Waals surface area contributed by atoms with E-state index >= 15 is 0 Å². The normalized spacial score (nSPS) is 11.4. The van der Waals surface area contributed by atoms with Crippen LogP contribution >= 0.6 is 22.6 Å². The lowest BCUT2D eigenvalue weighted by Gasteiger charge is -2.13. The van der Waals surface area contributed by atoms with Crippen LogP contribution in [0, 0.1) is 3.57 Å². The van der Waals surface area contributed by atoms with E-state index in [1.54, 1.807) is 12.1 Å².